The van der Waals surface area contributed by atoms with Crippen LogP contribution in [0.5, 0.6) is 0 Å². The fraction of sp³-hybridized carbons (Fsp3) is 0.250. The number of hydrogen-bond acceptors (Lipinski definition) is 5. The van der Waals surface area contributed by atoms with Crippen molar-refractivity contribution in [1.29, 1.82) is 5.26 Å². The molecular formula is C20H20N4O3S. The highest BCUT2D eigenvalue weighted by Crippen LogP contribution is 2.19. The summed E-state index contributed by atoms with van der Waals surface area (Å²) in [7, 11) is -3.80. The van der Waals surface area contributed by atoms with Gasteiger partial charge in [0.2, 0.25) is 10.0 Å². The average Bonchev–Trinajstić information content (AvgIpc) is 2.71. The molecule has 3 aromatic rings. The molecule has 0 unspecified atom stereocenters. The molecule has 144 valence electrons. The number of nitrogens with one attached hydrogen (secondary N) is 1. The van der Waals surface area contributed by atoms with E-state index in [1.807, 2.05) is 13.0 Å². The van der Waals surface area contributed by atoms with Crippen LogP contribution in [0.3, 0.4) is 0 Å². The summed E-state index contributed by atoms with van der Waals surface area (Å²) >= 11 is 0. The second kappa shape index (κ2) is 8.33. The van der Waals surface area contributed by atoms with Gasteiger partial charge in [0.1, 0.15) is 5.82 Å². The summed E-state index contributed by atoms with van der Waals surface area (Å²) in [5, 5.41) is 9.37. The van der Waals surface area contributed by atoms with Gasteiger partial charge in [-0.1, -0.05) is 25.5 Å². The lowest BCUT2D eigenvalue weighted by Crippen LogP contribution is -2.33. The van der Waals surface area contributed by atoms with E-state index in [0.29, 0.717) is 29.4 Å². The second-order valence-corrected chi connectivity index (χ2v) is 8.30. The van der Waals surface area contributed by atoms with Crippen molar-refractivity contribution in [1.82, 2.24) is 14.3 Å². The maximum absolute atomic E-state index is 13.1. The van der Waals surface area contributed by atoms with Gasteiger partial charge in [0.25, 0.3) is 5.56 Å². The fourth-order valence-corrected chi connectivity index (χ4v) is 4.29. The smallest absolute Gasteiger partial charge is 0.258 e. The highest BCUT2D eigenvalue weighted by molar-refractivity contribution is 7.89. The first kappa shape index (κ1) is 19.7. The zero-order chi connectivity index (χ0) is 20.1. The van der Waals surface area contributed by atoms with E-state index in [-0.39, 0.29) is 22.8 Å². The Bertz CT molecular complexity index is 1180. The number of nitrogens with zero attached hydrogens (tertiary/aromatic N) is 3. The van der Waals surface area contributed by atoms with Crippen molar-refractivity contribution in [2.24, 2.45) is 0 Å². The highest BCUT2D eigenvalue weighted by atomic mass is 32.2. The minimum absolute atomic E-state index is 0.0393. The summed E-state index contributed by atoms with van der Waals surface area (Å²) in [5.74, 6) is 0.289. The molecule has 0 aliphatic carbocycles. The summed E-state index contributed by atoms with van der Waals surface area (Å²) in [6.45, 7) is 2.24. The van der Waals surface area contributed by atoms with E-state index in [1.165, 1.54) is 28.6 Å². The van der Waals surface area contributed by atoms with E-state index < -0.39 is 10.0 Å². The van der Waals surface area contributed by atoms with Crippen LogP contribution in [-0.4, -0.2) is 29.2 Å². The summed E-state index contributed by atoms with van der Waals surface area (Å²) in [4.78, 5) is 19.5. The average molecular weight is 396 g/mol. The molecule has 0 aliphatic heterocycles. The third kappa shape index (κ3) is 4.11. The van der Waals surface area contributed by atoms with Gasteiger partial charge in [0, 0.05) is 6.54 Å². The first-order chi connectivity index (χ1) is 13.5. The third-order valence-corrected chi connectivity index (χ3v) is 6.23. The normalized spacial score (nSPS) is 11.6. The van der Waals surface area contributed by atoms with E-state index in [2.05, 4.69) is 9.97 Å². The van der Waals surface area contributed by atoms with Crippen molar-refractivity contribution in [2.75, 3.05) is 6.54 Å². The topological polar surface area (TPSA) is 107 Å². The number of sulfonamides is 1. The summed E-state index contributed by atoms with van der Waals surface area (Å²) in [6, 6.07) is 14.7. The second-order valence-electron chi connectivity index (χ2n) is 6.36. The molecule has 0 saturated heterocycles. The van der Waals surface area contributed by atoms with Crippen LogP contribution in [0.15, 0.2) is 58.2 Å². The number of H-pyrrole nitrogens is 1. The number of rotatable bonds is 7. The fourth-order valence-electron chi connectivity index (χ4n) is 2.85. The van der Waals surface area contributed by atoms with Gasteiger partial charge >= 0.3 is 0 Å². The quantitative estimate of drug-likeness (QED) is 0.661. The molecule has 0 amide bonds. The number of unbranched alkanes of at least 4 members (excludes halogenated alkanes) is 1. The Morgan fingerprint density at radius 1 is 1.14 bits per heavy atom. The van der Waals surface area contributed by atoms with Crippen LogP contribution in [0, 0.1) is 11.3 Å². The first-order valence-corrected chi connectivity index (χ1v) is 10.4. The number of aromatic amines is 1. The summed E-state index contributed by atoms with van der Waals surface area (Å²) < 4.78 is 27.5. The van der Waals surface area contributed by atoms with Gasteiger partial charge in [-0.25, -0.2) is 13.4 Å². The minimum Gasteiger partial charge on any atom is -0.309 e. The van der Waals surface area contributed by atoms with E-state index in [0.717, 1.165) is 6.42 Å². The lowest BCUT2D eigenvalue weighted by molar-refractivity contribution is 0.389. The van der Waals surface area contributed by atoms with Crippen LogP contribution >= 0.6 is 0 Å². The number of para-hydroxylation sites is 1. The lowest BCUT2D eigenvalue weighted by Gasteiger charge is -2.21. The molecule has 1 aromatic heterocycles. The molecule has 28 heavy (non-hydrogen) atoms. The first-order valence-electron chi connectivity index (χ1n) is 8.94. The zero-order valence-electron chi connectivity index (χ0n) is 15.4. The predicted octanol–water partition coefficient (Wildman–Crippen LogP) is 2.79. The molecule has 2 aromatic carbocycles. The van der Waals surface area contributed by atoms with E-state index in [4.69, 9.17) is 5.26 Å². The van der Waals surface area contributed by atoms with Crippen LogP contribution in [-0.2, 0) is 16.6 Å². The Hall–Kier alpha value is -3.02. The predicted molar refractivity (Wildman–Crippen MR) is 106 cm³/mol. The Balaban J connectivity index is 1.98. The molecule has 1 N–H and O–H groups in total. The molecule has 0 atom stereocenters. The molecule has 0 fully saturated rings. The van der Waals surface area contributed by atoms with E-state index in [1.54, 1.807) is 24.3 Å². The van der Waals surface area contributed by atoms with Gasteiger partial charge in [0.05, 0.1) is 34.0 Å². The van der Waals surface area contributed by atoms with Crippen molar-refractivity contribution < 1.29 is 8.42 Å². The Morgan fingerprint density at radius 3 is 2.54 bits per heavy atom. The van der Waals surface area contributed by atoms with Crippen LogP contribution in [0.2, 0.25) is 0 Å². The van der Waals surface area contributed by atoms with Crippen molar-refractivity contribution >= 4 is 20.9 Å². The number of hydrogen-bond donors (Lipinski definition) is 1. The Labute approximate surface area is 163 Å². The van der Waals surface area contributed by atoms with Gasteiger partial charge < -0.3 is 4.98 Å². The molecule has 1 heterocycles. The Morgan fingerprint density at radius 2 is 1.86 bits per heavy atom. The van der Waals surface area contributed by atoms with Gasteiger partial charge in [0.15, 0.2) is 0 Å². The summed E-state index contributed by atoms with van der Waals surface area (Å²) in [6.07, 6.45) is 1.49. The number of aromatic nitrogens is 2. The minimum atomic E-state index is -3.80. The number of fused-ring (bicyclic) bond motifs is 1. The zero-order valence-corrected chi connectivity index (χ0v) is 16.2. The Kier molecular flexibility index (Phi) is 5.87. The molecule has 0 spiro atoms. The van der Waals surface area contributed by atoms with Crippen LogP contribution < -0.4 is 5.56 Å². The molecule has 0 saturated carbocycles. The lowest BCUT2D eigenvalue weighted by atomic mass is 10.2. The number of benzene rings is 2. The van der Waals surface area contributed by atoms with Crippen molar-refractivity contribution in [2.45, 2.75) is 31.2 Å². The van der Waals surface area contributed by atoms with Crippen molar-refractivity contribution in [3.05, 3.63) is 70.3 Å². The van der Waals surface area contributed by atoms with Crippen LogP contribution in [0.25, 0.3) is 10.9 Å². The largest absolute Gasteiger partial charge is 0.309 e. The molecule has 0 bridgehead atoms. The maximum Gasteiger partial charge on any atom is 0.258 e. The van der Waals surface area contributed by atoms with Gasteiger partial charge in [-0.2, -0.15) is 9.57 Å². The number of nitriles is 1. The maximum atomic E-state index is 13.1. The van der Waals surface area contributed by atoms with E-state index in [9.17, 15) is 13.2 Å². The summed E-state index contributed by atoms with van der Waals surface area (Å²) in [5.41, 5.74) is 0.610. The van der Waals surface area contributed by atoms with Crippen LogP contribution in [0.1, 0.15) is 31.2 Å². The molecule has 7 nitrogen and oxygen atoms in total. The molecule has 3 rings (SSSR count). The van der Waals surface area contributed by atoms with Gasteiger partial charge in [-0.15, -0.1) is 0 Å². The standard InChI is InChI=1S/C20H20N4O3S/c1-2-3-12-24(28(26,27)16-10-8-15(13-21)9-11-16)14-19-22-18-7-5-4-6-17(18)20(25)23-19/h4-11H,2-3,12,14H2,1H3,(H,22,23,25). The monoisotopic (exact) mass is 396 g/mol. The van der Waals surface area contributed by atoms with Crippen molar-refractivity contribution in [3.63, 3.8) is 0 Å². The van der Waals surface area contributed by atoms with Crippen LogP contribution in [0.4, 0.5) is 0 Å². The SMILES string of the molecule is CCCCN(Cc1nc2ccccc2c(=O)[nH]1)S(=O)(=O)c1ccc(C#N)cc1. The van der Waals surface area contributed by atoms with Gasteiger partial charge in [-0.3, -0.25) is 4.79 Å². The van der Waals surface area contributed by atoms with E-state index >= 15 is 0 Å². The molecule has 0 aliphatic rings. The van der Waals surface area contributed by atoms with Crippen molar-refractivity contribution in [3.8, 4) is 6.07 Å². The molecule has 0 radical (unpaired) electrons. The highest BCUT2D eigenvalue weighted by Gasteiger charge is 2.25. The van der Waals surface area contributed by atoms with Gasteiger partial charge in [-0.05, 0) is 42.8 Å². The third-order valence-electron chi connectivity index (χ3n) is 4.37. The molecular weight excluding hydrogens is 376 g/mol. The molecule has 8 heteroatoms.